The van der Waals surface area contributed by atoms with Gasteiger partial charge in [-0.25, -0.2) is 13.9 Å². The van der Waals surface area contributed by atoms with Crippen LogP contribution in [-0.2, 0) is 4.79 Å². The van der Waals surface area contributed by atoms with Crippen molar-refractivity contribution in [1.29, 1.82) is 0 Å². The summed E-state index contributed by atoms with van der Waals surface area (Å²) in [6.07, 6.45) is 9.87. The molecule has 2 amide bonds. The maximum Gasteiger partial charge on any atom is 0.256 e. The molecule has 2 fully saturated rings. The van der Waals surface area contributed by atoms with Crippen molar-refractivity contribution in [2.45, 2.75) is 44.6 Å². The van der Waals surface area contributed by atoms with Crippen molar-refractivity contribution in [3.05, 3.63) is 59.3 Å². The molecule has 0 unspecified atom stereocenters. The molecule has 33 heavy (non-hydrogen) atoms. The number of aromatic nitrogens is 3. The van der Waals surface area contributed by atoms with Crippen LogP contribution in [0.25, 0.3) is 5.65 Å². The molecule has 2 aromatic heterocycles. The van der Waals surface area contributed by atoms with Crippen molar-refractivity contribution in [3.63, 3.8) is 0 Å². The number of carbonyl (C=O) groups excluding carboxylic acids is 2. The number of nitrogens with one attached hydrogen (secondary N) is 1. The summed E-state index contributed by atoms with van der Waals surface area (Å²) in [5.74, 6) is -0.249. The van der Waals surface area contributed by atoms with E-state index in [2.05, 4.69) is 15.4 Å². The zero-order valence-corrected chi connectivity index (χ0v) is 18.8. The van der Waals surface area contributed by atoms with E-state index >= 15 is 0 Å². The van der Waals surface area contributed by atoms with Gasteiger partial charge in [-0.2, -0.15) is 5.10 Å². The Morgan fingerprint density at radius 2 is 1.97 bits per heavy atom. The molecule has 0 atom stereocenters. The van der Waals surface area contributed by atoms with Gasteiger partial charge >= 0.3 is 0 Å². The fourth-order valence-corrected chi connectivity index (χ4v) is 4.79. The lowest BCUT2D eigenvalue weighted by Crippen LogP contribution is -2.43. The number of halogens is 2. The van der Waals surface area contributed by atoms with Crippen molar-refractivity contribution >= 4 is 34.7 Å². The SMILES string of the molecule is O=C(NC1CCC(C(=O)N(CC2CC2)c2ccc(F)cc2Cl)CC1)c1cnn2cccnc12. The molecule has 1 N–H and O–H groups in total. The highest BCUT2D eigenvalue weighted by atomic mass is 35.5. The fraction of sp³-hybridized carbons (Fsp3) is 0.417. The molecule has 7 nitrogen and oxygen atoms in total. The number of rotatable bonds is 6. The van der Waals surface area contributed by atoms with Crippen LogP contribution in [-0.4, -0.2) is 39.0 Å². The Morgan fingerprint density at radius 3 is 2.70 bits per heavy atom. The Balaban J connectivity index is 1.23. The van der Waals surface area contributed by atoms with E-state index in [1.807, 2.05) is 0 Å². The van der Waals surface area contributed by atoms with Crippen LogP contribution in [0.4, 0.5) is 10.1 Å². The van der Waals surface area contributed by atoms with Crippen LogP contribution in [0.15, 0.2) is 42.9 Å². The van der Waals surface area contributed by atoms with Crippen LogP contribution >= 0.6 is 11.6 Å². The summed E-state index contributed by atoms with van der Waals surface area (Å²) in [5, 5.41) is 7.49. The normalized spacial score (nSPS) is 20.5. The summed E-state index contributed by atoms with van der Waals surface area (Å²) < 4.78 is 15.1. The molecule has 9 heteroatoms. The number of benzene rings is 1. The van der Waals surface area contributed by atoms with Gasteiger partial charge in [-0.3, -0.25) is 9.59 Å². The molecule has 172 valence electrons. The molecule has 3 aromatic rings. The van der Waals surface area contributed by atoms with Gasteiger partial charge in [0.15, 0.2) is 5.65 Å². The summed E-state index contributed by atoms with van der Waals surface area (Å²) in [6, 6.07) is 5.94. The maximum atomic E-state index is 13.5. The van der Waals surface area contributed by atoms with Crippen LogP contribution in [0.5, 0.6) is 0 Å². The smallest absolute Gasteiger partial charge is 0.256 e. The average Bonchev–Trinajstić information content (AvgIpc) is 3.53. The van der Waals surface area contributed by atoms with E-state index < -0.39 is 5.82 Å². The number of fused-ring (bicyclic) bond motifs is 1. The minimum absolute atomic E-state index is 0.00787. The Kier molecular flexibility index (Phi) is 6.01. The van der Waals surface area contributed by atoms with Crippen molar-refractivity contribution in [3.8, 4) is 0 Å². The Hall–Kier alpha value is -3.00. The van der Waals surface area contributed by atoms with Gasteiger partial charge in [0.2, 0.25) is 5.91 Å². The number of carbonyl (C=O) groups is 2. The molecular weight excluding hydrogens is 445 g/mol. The fourth-order valence-electron chi connectivity index (χ4n) is 4.52. The van der Waals surface area contributed by atoms with E-state index in [4.69, 9.17) is 11.6 Å². The van der Waals surface area contributed by atoms with E-state index in [1.54, 1.807) is 33.9 Å². The number of anilines is 1. The van der Waals surface area contributed by atoms with Crippen molar-refractivity contribution in [1.82, 2.24) is 19.9 Å². The summed E-state index contributed by atoms with van der Waals surface area (Å²) >= 11 is 6.29. The third kappa shape index (κ3) is 4.71. The minimum Gasteiger partial charge on any atom is -0.349 e. The second kappa shape index (κ2) is 9.09. The molecule has 2 heterocycles. The second-order valence-corrected chi connectivity index (χ2v) is 9.36. The van der Waals surface area contributed by atoms with Crippen molar-refractivity contribution in [2.75, 3.05) is 11.4 Å². The molecule has 0 spiro atoms. The van der Waals surface area contributed by atoms with Gasteiger partial charge in [-0.05, 0) is 68.7 Å². The molecule has 0 saturated heterocycles. The van der Waals surface area contributed by atoms with E-state index in [1.165, 1.54) is 18.3 Å². The lowest BCUT2D eigenvalue weighted by molar-refractivity contribution is -0.123. The zero-order valence-electron chi connectivity index (χ0n) is 18.1. The first-order valence-electron chi connectivity index (χ1n) is 11.3. The van der Waals surface area contributed by atoms with Crippen molar-refractivity contribution in [2.24, 2.45) is 11.8 Å². The van der Waals surface area contributed by atoms with Gasteiger partial charge < -0.3 is 10.2 Å². The van der Waals surface area contributed by atoms with Crippen LogP contribution in [0.3, 0.4) is 0 Å². The third-order valence-electron chi connectivity index (χ3n) is 6.54. The number of nitrogens with zero attached hydrogens (tertiary/aromatic N) is 4. The topological polar surface area (TPSA) is 79.6 Å². The minimum atomic E-state index is -0.416. The van der Waals surface area contributed by atoms with E-state index in [9.17, 15) is 14.0 Å². The molecule has 1 aromatic carbocycles. The number of amides is 2. The highest BCUT2D eigenvalue weighted by Gasteiger charge is 2.34. The molecule has 2 saturated carbocycles. The number of hydrogen-bond donors (Lipinski definition) is 1. The highest BCUT2D eigenvalue weighted by molar-refractivity contribution is 6.33. The van der Waals surface area contributed by atoms with Gasteiger partial charge in [-0.15, -0.1) is 0 Å². The Morgan fingerprint density at radius 1 is 1.18 bits per heavy atom. The predicted molar refractivity (Wildman–Crippen MR) is 123 cm³/mol. The first-order valence-corrected chi connectivity index (χ1v) is 11.7. The zero-order chi connectivity index (χ0) is 22.9. The van der Waals surface area contributed by atoms with Crippen LogP contribution < -0.4 is 10.2 Å². The summed E-state index contributed by atoms with van der Waals surface area (Å²) in [4.78, 5) is 32.2. The van der Waals surface area contributed by atoms with E-state index in [0.29, 0.717) is 55.0 Å². The predicted octanol–water partition coefficient (Wildman–Crippen LogP) is 4.25. The molecule has 0 bridgehead atoms. The first-order chi connectivity index (χ1) is 16.0. The molecule has 5 rings (SSSR count). The maximum absolute atomic E-state index is 13.5. The van der Waals surface area contributed by atoms with Crippen molar-refractivity contribution < 1.29 is 14.0 Å². The van der Waals surface area contributed by atoms with Crippen LogP contribution in [0, 0.1) is 17.7 Å². The molecule has 2 aliphatic rings. The van der Waals surface area contributed by atoms with Gasteiger partial charge in [0.05, 0.1) is 16.9 Å². The van der Waals surface area contributed by atoms with E-state index in [0.717, 1.165) is 12.8 Å². The quantitative estimate of drug-likeness (QED) is 0.585. The van der Waals surface area contributed by atoms with Crippen LogP contribution in [0.1, 0.15) is 48.9 Å². The van der Waals surface area contributed by atoms with Gasteiger partial charge in [-0.1, -0.05) is 11.6 Å². The Bertz CT molecular complexity index is 1190. The summed E-state index contributed by atoms with van der Waals surface area (Å²) in [7, 11) is 0. The molecule has 0 radical (unpaired) electrons. The van der Waals surface area contributed by atoms with E-state index in [-0.39, 0.29) is 28.8 Å². The number of hydrogen-bond acceptors (Lipinski definition) is 4. The lowest BCUT2D eigenvalue weighted by Gasteiger charge is -2.33. The first kappa shape index (κ1) is 21.8. The lowest BCUT2D eigenvalue weighted by atomic mass is 9.85. The standard InChI is InChI=1S/C24H25ClFN5O2/c25-20-12-17(26)6-9-21(20)30(14-15-2-3-15)24(33)16-4-7-18(8-5-16)29-23(32)19-13-28-31-11-1-10-27-22(19)31/h1,6,9-13,15-16,18H,2-5,7-8,14H2,(H,29,32). The average molecular weight is 470 g/mol. The van der Waals surface area contributed by atoms with Gasteiger partial charge in [0, 0.05) is 30.9 Å². The second-order valence-electron chi connectivity index (χ2n) is 8.96. The van der Waals surface area contributed by atoms with Gasteiger partial charge in [0.25, 0.3) is 5.91 Å². The summed E-state index contributed by atoms with van der Waals surface area (Å²) in [5.41, 5.74) is 1.53. The molecular formula is C24H25ClFN5O2. The third-order valence-corrected chi connectivity index (χ3v) is 6.84. The van der Waals surface area contributed by atoms with Gasteiger partial charge in [0.1, 0.15) is 11.4 Å². The highest BCUT2D eigenvalue weighted by Crippen LogP contribution is 2.36. The molecule has 0 aliphatic heterocycles. The monoisotopic (exact) mass is 469 g/mol. The summed E-state index contributed by atoms with van der Waals surface area (Å²) in [6.45, 7) is 0.614. The Labute approximate surface area is 195 Å². The largest absolute Gasteiger partial charge is 0.349 e. The van der Waals surface area contributed by atoms with Crippen LogP contribution in [0.2, 0.25) is 5.02 Å². The molecule has 2 aliphatic carbocycles.